The van der Waals surface area contributed by atoms with E-state index in [1.165, 1.54) is 18.3 Å². The topological polar surface area (TPSA) is 64.1 Å². The zero-order chi connectivity index (χ0) is 22.9. The Morgan fingerprint density at radius 3 is 2.41 bits per heavy atom. The predicted molar refractivity (Wildman–Crippen MR) is 110 cm³/mol. The van der Waals surface area contributed by atoms with Crippen LogP contribution < -0.4 is 10.1 Å². The maximum atomic E-state index is 14.2. The zero-order valence-electron chi connectivity index (χ0n) is 16.0. The fourth-order valence-corrected chi connectivity index (χ4v) is 3.17. The van der Waals surface area contributed by atoms with Crippen LogP contribution in [0.4, 0.5) is 23.2 Å². The van der Waals surface area contributed by atoms with Gasteiger partial charge >= 0.3 is 6.18 Å². The first-order valence-electron chi connectivity index (χ1n) is 9.07. The number of carbonyl (C=O) groups is 1. The number of carbonyl (C=O) groups excluding carboxylic acids is 1. The molecule has 0 saturated carbocycles. The van der Waals surface area contributed by atoms with Gasteiger partial charge in [0.15, 0.2) is 11.6 Å². The molecule has 0 spiro atoms. The lowest BCUT2D eigenvalue weighted by atomic mass is 10.1. The molecular formula is C22H12ClF4N3O2. The predicted octanol–water partition coefficient (Wildman–Crippen LogP) is 6.49. The normalized spacial score (nSPS) is 11.4. The molecular weight excluding hydrogens is 450 g/mol. The Balaban J connectivity index is 1.54. The van der Waals surface area contributed by atoms with E-state index in [-0.39, 0.29) is 17.0 Å². The summed E-state index contributed by atoms with van der Waals surface area (Å²) in [7, 11) is 0. The summed E-state index contributed by atoms with van der Waals surface area (Å²) in [5, 5.41) is 1.87. The molecule has 1 N–H and O–H groups in total. The highest BCUT2D eigenvalue weighted by molar-refractivity contribution is 6.32. The second-order valence-corrected chi connectivity index (χ2v) is 7.01. The number of hydrogen-bond acceptors (Lipinski definition) is 4. The van der Waals surface area contributed by atoms with E-state index in [9.17, 15) is 22.4 Å². The summed E-state index contributed by atoms with van der Waals surface area (Å²) in [5.41, 5.74) is 0.213. The number of benzene rings is 3. The van der Waals surface area contributed by atoms with Crippen LogP contribution in [0.15, 0.2) is 67.0 Å². The summed E-state index contributed by atoms with van der Waals surface area (Å²) in [6.45, 7) is 0. The van der Waals surface area contributed by atoms with Crippen molar-refractivity contribution in [2.45, 2.75) is 6.18 Å². The first-order valence-corrected chi connectivity index (χ1v) is 9.45. The Hall–Kier alpha value is -3.72. The lowest BCUT2D eigenvalue weighted by molar-refractivity contribution is -0.137. The highest BCUT2D eigenvalue weighted by Crippen LogP contribution is 2.35. The van der Waals surface area contributed by atoms with Gasteiger partial charge in [-0.3, -0.25) is 14.8 Å². The summed E-state index contributed by atoms with van der Waals surface area (Å²) in [6.07, 6.45) is -1.58. The molecule has 0 atom stereocenters. The van der Waals surface area contributed by atoms with E-state index in [1.54, 1.807) is 24.4 Å². The number of hydrogen-bond donors (Lipinski definition) is 1. The van der Waals surface area contributed by atoms with Gasteiger partial charge in [0.05, 0.1) is 21.6 Å². The van der Waals surface area contributed by atoms with Gasteiger partial charge in [-0.2, -0.15) is 13.2 Å². The average molecular weight is 462 g/mol. The molecule has 4 aromatic rings. The molecule has 0 aliphatic carbocycles. The summed E-state index contributed by atoms with van der Waals surface area (Å²) in [5.74, 6) is -1.27. The Bertz CT molecular complexity index is 1330. The number of amides is 1. The quantitative estimate of drug-likeness (QED) is 0.353. The third-order valence-electron chi connectivity index (χ3n) is 4.39. The van der Waals surface area contributed by atoms with Gasteiger partial charge in [0, 0.05) is 35.8 Å². The highest BCUT2D eigenvalue weighted by atomic mass is 35.5. The zero-order valence-corrected chi connectivity index (χ0v) is 16.7. The Morgan fingerprint density at radius 1 is 0.938 bits per heavy atom. The molecule has 0 aliphatic rings. The van der Waals surface area contributed by atoms with Gasteiger partial charge in [-0.25, -0.2) is 4.39 Å². The number of alkyl halides is 3. The van der Waals surface area contributed by atoms with Gasteiger partial charge in [-0.05, 0) is 42.5 Å². The molecule has 5 nitrogen and oxygen atoms in total. The largest absolute Gasteiger partial charge is 0.454 e. The summed E-state index contributed by atoms with van der Waals surface area (Å²) < 4.78 is 58.3. The number of ether oxygens (including phenoxy) is 1. The molecule has 0 radical (unpaired) electrons. The van der Waals surface area contributed by atoms with E-state index >= 15 is 0 Å². The van der Waals surface area contributed by atoms with Crippen molar-refractivity contribution in [1.29, 1.82) is 0 Å². The molecule has 32 heavy (non-hydrogen) atoms. The molecule has 0 saturated heterocycles. The molecule has 1 heterocycles. The van der Waals surface area contributed by atoms with Gasteiger partial charge in [0.2, 0.25) is 0 Å². The molecule has 3 aromatic carbocycles. The van der Waals surface area contributed by atoms with Crippen LogP contribution >= 0.6 is 11.6 Å². The van der Waals surface area contributed by atoms with Gasteiger partial charge in [0.1, 0.15) is 5.75 Å². The number of rotatable bonds is 4. The second kappa shape index (κ2) is 8.43. The number of fused-ring (bicyclic) bond motifs is 1. The van der Waals surface area contributed by atoms with Crippen LogP contribution in [0.1, 0.15) is 15.9 Å². The number of nitrogens with one attached hydrogen (secondary N) is 1. The van der Waals surface area contributed by atoms with Crippen LogP contribution in [0.2, 0.25) is 5.02 Å². The second-order valence-electron chi connectivity index (χ2n) is 6.60. The highest BCUT2D eigenvalue weighted by Gasteiger charge is 2.33. The van der Waals surface area contributed by atoms with Gasteiger partial charge in [0.25, 0.3) is 5.91 Å². The van der Waals surface area contributed by atoms with Crippen molar-refractivity contribution in [3.8, 4) is 11.5 Å². The fraction of sp³-hybridized carbons (Fsp3) is 0.0455. The minimum absolute atomic E-state index is 0.0945. The molecule has 1 aromatic heterocycles. The number of halogens is 5. The van der Waals surface area contributed by atoms with Crippen molar-refractivity contribution in [3.63, 3.8) is 0 Å². The summed E-state index contributed by atoms with van der Waals surface area (Å²) >= 11 is 5.66. The van der Waals surface area contributed by atoms with Crippen molar-refractivity contribution >= 4 is 34.2 Å². The van der Waals surface area contributed by atoms with Crippen LogP contribution in [0.25, 0.3) is 11.0 Å². The smallest absolute Gasteiger partial charge is 0.417 e. The third-order valence-corrected chi connectivity index (χ3v) is 4.71. The van der Waals surface area contributed by atoms with E-state index in [2.05, 4.69) is 15.3 Å². The standard InChI is InChI=1S/C22H12ClF4N3O2/c23-16-9-12(1-4-15(16)22(25,26)27)21(31)30-13-2-5-17(24)20(10-13)32-14-3-6-18-19(11-14)29-8-7-28-18/h1-11H,(H,30,31). The molecule has 4 rings (SSSR count). The minimum Gasteiger partial charge on any atom is -0.454 e. The Kier molecular flexibility index (Phi) is 5.67. The van der Waals surface area contributed by atoms with Crippen molar-refractivity contribution in [1.82, 2.24) is 9.97 Å². The van der Waals surface area contributed by atoms with Crippen LogP contribution in [0.3, 0.4) is 0 Å². The minimum atomic E-state index is -4.64. The Morgan fingerprint density at radius 2 is 1.69 bits per heavy atom. The van der Waals surface area contributed by atoms with Crippen LogP contribution in [0, 0.1) is 5.82 Å². The van der Waals surface area contributed by atoms with Gasteiger partial charge < -0.3 is 10.1 Å². The van der Waals surface area contributed by atoms with E-state index in [1.807, 2.05) is 0 Å². The van der Waals surface area contributed by atoms with Gasteiger partial charge in [-0.15, -0.1) is 0 Å². The van der Waals surface area contributed by atoms with E-state index in [0.29, 0.717) is 16.8 Å². The summed E-state index contributed by atoms with van der Waals surface area (Å²) in [6, 6.07) is 11.1. The number of anilines is 1. The van der Waals surface area contributed by atoms with E-state index in [0.717, 1.165) is 24.3 Å². The molecule has 0 fully saturated rings. The maximum Gasteiger partial charge on any atom is 0.417 e. The van der Waals surface area contributed by atoms with E-state index < -0.39 is 28.5 Å². The summed E-state index contributed by atoms with van der Waals surface area (Å²) in [4.78, 5) is 20.7. The Labute approximate surface area is 183 Å². The van der Waals surface area contributed by atoms with Crippen LogP contribution in [-0.2, 0) is 6.18 Å². The maximum absolute atomic E-state index is 14.2. The number of nitrogens with zero attached hydrogens (tertiary/aromatic N) is 2. The molecule has 10 heteroatoms. The van der Waals surface area contributed by atoms with Crippen LogP contribution in [0.5, 0.6) is 11.5 Å². The molecule has 0 unspecified atom stereocenters. The number of aromatic nitrogens is 2. The first kappa shape index (κ1) is 21.5. The van der Waals surface area contributed by atoms with Crippen LogP contribution in [-0.4, -0.2) is 15.9 Å². The molecule has 0 bridgehead atoms. The molecule has 162 valence electrons. The molecule has 1 amide bonds. The monoisotopic (exact) mass is 461 g/mol. The van der Waals surface area contributed by atoms with Gasteiger partial charge in [-0.1, -0.05) is 11.6 Å². The lowest BCUT2D eigenvalue weighted by Gasteiger charge is -2.12. The fourth-order valence-electron chi connectivity index (χ4n) is 2.88. The van der Waals surface area contributed by atoms with Crippen molar-refractivity contribution in [2.75, 3.05) is 5.32 Å². The van der Waals surface area contributed by atoms with Crippen molar-refractivity contribution < 1.29 is 27.1 Å². The average Bonchev–Trinajstić information content (AvgIpc) is 2.75. The third kappa shape index (κ3) is 4.62. The van der Waals surface area contributed by atoms with Crippen molar-refractivity contribution in [2.24, 2.45) is 0 Å². The van der Waals surface area contributed by atoms with Crippen molar-refractivity contribution in [3.05, 3.63) is 89.0 Å². The lowest BCUT2D eigenvalue weighted by Crippen LogP contribution is -2.13. The molecule has 0 aliphatic heterocycles. The first-order chi connectivity index (χ1) is 15.2. The SMILES string of the molecule is O=C(Nc1ccc(F)c(Oc2ccc3nccnc3c2)c1)c1ccc(C(F)(F)F)c(Cl)c1. The van der Waals surface area contributed by atoms with E-state index in [4.69, 9.17) is 16.3 Å².